The molecular weight excluding hydrogens is 598 g/mol. The van der Waals surface area contributed by atoms with Crippen LogP contribution in [0.25, 0.3) is 0 Å². The molecule has 0 heterocycles. The highest BCUT2D eigenvalue weighted by Crippen LogP contribution is 2.13. The summed E-state index contributed by atoms with van der Waals surface area (Å²) in [7, 11) is 6.88. The van der Waals surface area contributed by atoms with Crippen molar-refractivity contribution in [2.24, 2.45) is 0 Å². The van der Waals surface area contributed by atoms with E-state index < -0.39 is 50.1 Å². The van der Waals surface area contributed by atoms with E-state index in [0.717, 1.165) is 14.3 Å². The van der Waals surface area contributed by atoms with E-state index in [2.05, 4.69) is 28.1 Å². The van der Waals surface area contributed by atoms with Gasteiger partial charge in [-0.05, 0) is 12.8 Å². The topological polar surface area (TPSA) is 156 Å². The highest BCUT2D eigenvalue weighted by Gasteiger charge is 2.18. The number of nitrogens with zero attached hydrogens (tertiary/aromatic N) is 3. The molecule has 0 aliphatic rings. The lowest BCUT2D eigenvalue weighted by Gasteiger charge is -2.23. The Bertz CT molecular complexity index is 621. The molecule has 0 saturated carbocycles. The molecule has 0 aliphatic heterocycles. The molecule has 11 nitrogen and oxygen atoms in total. The molecule has 244 valence electrons. The highest BCUT2D eigenvalue weighted by molar-refractivity contribution is 5.73. The van der Waals surface area contributed by atoms with Crippen molar-refractivity contribution in [3.8, 4) is 0 Å². The summed E-state index contributed by atoms with van der Waals surface area (Å²) in [5.41, 5.74) is 0. The van der Waals surface area contributed by atoms with Crippen LogP contribution in [0.4, 0.5) is 0 Å². The number of carbonyl (C=O) groups is 4. The van der Waals surface area contributed by atoms with Gasteiger partial charge in [-0.15, -0.1) is 0 Å². The molecule has 0 bridgehead atoms. The second kappa shape index (κ2) is 28.4. The van der Waals surface area contributed by atoms with E-state index in [0.29, 0.717) is 0 Å². The van der Waals surface area contributed by atoms with Gasteiger partial charge in [0.05, 0.1) is 53.9 Å². The number of aliphatic carboxylic acids is 4. The molecule has 0 aromatic rings. The van der Waals surface area contributed by atoms with Crippen LogP contribution < -0.4 is 17.0 Å². The Labute approximate surface area is 258 Å². The summed E-state index contributed by atoms with van der Waals surface area (Å²) >= 11 is 0. The van der Waals surface area contributed by atoms with E-state index in [1.807, 2.05) is 0 Å². The van der Waals surface area contributed by atoms with Crippen molar-refractivity contribution in [1.82, 2.24) is 9.80 Å². The van der Waals surface area contributed by atoms with Gasteiger partial charge in [0.2, 0.25) is 0 Å². The van der Waals surface area contributed by atoms with Gasteiger partial charge in [0.15, 0.2) is 0 Å². The number of rotatable bonds is 26. The molecule has 41 heavy (non-hydrogen) atoms. The minimum absolute atomic E-state index is 0. The Balaban J connectivity index is -0.000000688. The van der Waals surface area contributed by atoms with Crippen LogP contribution in [0.2, 0.25) is 0 Å². The van der Waals surface area contributed by atoms with Crippen molar-refractivity contribution >= 4 is 23.9 Å². The van der Waals surface area contributed by atoms with Crippen LogP contribution in [0.5, 0.6) is 0 Å². The third-order valence-corrected chi connectivity index (χ3v) is 6.35. The van der Waals surface area contributed by atoms with E-state index in [4.69, 9.17) is 20.4 Å². The summed E-state index contributed by atoms with van der Waals surface area (Å²) in [4.78, 5) is 44.4. The normalized spacial score (nSPS) is 11.1. The van der Waals surface area contributed by atoms with Crippen molar-refractivity contribution in [1.29, 1.82) is 0 Å². The lowest BCUT2D eigenvalue weighted by molar-refractivity contribution is -0.870. The Morgan fingerprint density at radius 2 is 0.732 bits per heavy atom. The van der Waals surface area contributed by atoms with Gasteiger partial charge in [-0.2, -0.15) is 0 Å². The maximum Gasteiger partial charge on any atom is 0.317 e. The minimum atomic E-state index is -1.23. The molecule has 0 saturated heterocycles. The quantitative estimate of drug-likeness (QED) is 0.0786. The van der Waals surface area contributed by atoms with Gasteiger partial charge in [0.1, 0.15) is 0 Å². The van der Waals surface area contributed by atoms with Crippen LogP contribution in [0, 0.1) is 0 Å². The zero-order chi connectivity index (χ0) is 30.8. The number of hydrogen-bond donors (Lipinski definition) is 4. The Hall–Kier alpha value is -1.76. The van der Waals surface area contributed by atoms with Crippen molar-refractivity contribution in [3.05, 3.63) is 0 Å². The third kappa shape index (κ3) is 38.2. The molecular formula is C29H58BrN3O8. The highest BCUT2D eigenvalue weighted by atomic mass is 79.9. The van der Waals surface area contributed by atoms with Crippen LogP contribution >= 0.6 is 0 Å². The smallest absolute Gasteiger partial charge is 0.317 e. The predicted molar refractivity (Wildman–Crippen MR) is 157 cm³/mol. The maximum absolute atomic E-state index is 10.6. The minimum Gasteiger partial charge on any atom is -1.00 e. The van der Waals surface area contributed by atoms with Crippen LogP contribution in [0.15, 0.2) is 0 Å². The molecule has 0 fully saturated rings. The van der Waals surface area contributed by atoms with Gasteiger partial charge < -0.3 is 41.9 Å². The van der Waals surface area contributed by atoms with Gasteiger partial charge >= 0.3 is 23.9 Å². The number of hydrogen-bond acceptors (Lipinski definition) is 6. The fourth-order valence-electron chi connectivity index (χ4n) is 4.26. The average molecular weight is 657 g/mol. The number of unbranched alkanes of at least 4 members (excludes halogenated alkanes) is 13. The summed E-state index contributed by atoms with van der Waals surface area (Å²) < 4.78 is 1.12. The van der Waals surface area contributed by atoms with E-state index in [1.54, 1.807) is 0 Å². The fourth-order valence-corrected chi connectivity index (χ4v) is 4.26. The van der Waals surface area contributed by atoms with E-state index in [1.165, 1.54) is 96.4 Å². The van der Waals surface area contributed by atoms with E-state index >= 15 is 0 Å². The summed E-state index contributed by atoms with van der Waals surface area (Å²) in [6, 6.07) is 0. The van der Waals surface area contributed by atoms with Crippen LogP contribution in [-0.4, -0.2) is 126 Å². The fraction of sp³-hybridized carbons (Fsp3) is 0.862. The van der Waals surface area contributed by atoms with Gasteiger partial charge in [-0.1, -0.05) is 84.0 Å². The molecule has 0 unspecified atom stereocenters. The first kappa shape index (κ1) is 43.7. The Kier molecular flexibility index (Phi) is 30.2. The number of halogens is 1. The van der Waals surface area contributed by atoms with Crippen molar-refractivity contribution in [2.75, 3.05) is 67.0 Å². The number of carboxylic acid groups (broad SMARTS) is 4. The first-order valence-electron chi connectivity index (χ1n) is 14.9. The zero-order valence-corrected chi connectivity index (χ0v) is 27.6. The number of quaternary nitrogens is 1. The van der Waals surface area contributed by atoms with Crippen LogP contribution in [0.3, 0.4) is 0 Å². The Morgan fingerprint density at radius 1 is 0.488 bits per heavy atom. The molecule has 0 aromatic heterocycles. The molecule has 0 radical (unpaired) electrons. The van der Waals surface area contributed by atoms with Gasteiger partial charge in [-0.3, -0.25) is 29.0 Å². The molecule has 0 atom stereocenters. The first-order valence-corrected chi connectivity index (χ1v) is 14.9. The molecule has 0 amide bonds. The monoisotopic (exact) mass is 655 g/mol. The second-order valence-corrected chi connectivity index (χ2v) is 11.6. The largest absolute Gasteiger partial charge is 1.00 e. The third-order valence-electron chi connectivity index (χ3n) is 6.35. The lowest BCUT2D eigenvalue weighted by Crippen LogP contribution is -3.00. The van der Waals surface area contributed by atoms with Crippen molar-refractivity contribution in [3.63, 3.8) is 0 Å². The lowest BCUT2D eigenvalue weighted by atomic mass is 10.0. The predicted octanol–water partition coefficient (Wildman–Crippen LogP) is 1.11. The Morgan fingerprint density at radius 3 is 0.951 bits per heavy atom. The van der Waals surface area contributed by atoms with E-state index in [-0.39, 0.29) is 30.1 Å². The summed E-state index contributed by atoms with van der Waals surface area (Å²) in [5, 5.41) is 34.5. The zero-order valence-electron chi connectivity index (χ0n) is 26.0. The van der Waals surface area contributed by atoms with Crippen molar-refractivity contribution in [2.45, 2.75) is 96.8 Å². The van der Waals surface area contributed by atoms with Crippen LogP contribution in [0.1, 0.15) is 96.8 Å². The molecule has 0 spiro atoms. The van der Waals surface area contributed by atoms with Crippen LogP contribution in [-0.2, 0) is 19.2 Å². The molecule has 4 N–H and O–H groups in total. The molecule has 0 aromatic carbocycles. The molecule has 0 rings (SSSR count). The standard InChI is InChI=1S/C19H42N.C10H16N2O8.BrH/c1-5-6-7-8-9-10-11-12-13-14-15-16-17-18-19-20(2,3)4;13-7(14)3-11(4-8(15)16)1-2-12(5-9(17)18)6-10(19)20;/h5-19H2,1-4H3;1-6H2,(H,13,14)(H,15,16)(H,17,18)(H,19,20);1H/q+1;;/p-1. The summed E-state index contributed by atoms with van der Waals surface area (Å²) in [6.45, 7) is 1.37. The van der Waals surface area contributed by atoms with Gasteiger partial charge in [-0.25, -0.2) is 0 Å². The summed E-state index contributed by atoms with van der Waals surface area (Å²) in [6.07, 6.45) is 20.4. The first-order chi connectivity index (χ1) is 18.8. The number of carboxylic acids is 4. The average Bonchev–Trinajstić information content (AvgIpc) is 2.81. The second-order valence-electron chi connectivity index (χ2n) is 11.6. The van der Waals surface area contributed by atoms with Crippen molar-refractivity contribution < 1.29 is 61.1 Å². The van der Waals surface area contributed by atoms with E-state index in [9.17, 15) is 19.2 Å². The summed E-state index contributed by atoms with van der Waals surface area (Å²) in [5.74, 6) is -4.91. The van der Waals surface area contributed by atoms with Gasteiger partial charge in [0, 0.05) is 13.1 Å². The van der Waals surface area contributed by atoms with Gasteiger partial charge in [0.25, 0.3) is 0 Å². The molecule has 0 aliphatic carbocycles. The SMILES string of the molecule is CCCCCCCCCCCCCCCC[N+](C)(C)C.O=C(O)CN(CCN(CC(=O)O)CC(=O)O)CC(=O)O.[Br-]. The maximum atomic E-state index is 10.6. The molecule has 12 heteroatoms.